The predicted molar refractivity (Wildman–Crippen MR) is 72.6 cm³/mol. The number of nitrogens with one attached hydrogen (secondary N) is 1. The normalized spacial score (nSPS) is 12.4. The molecule has 0 spiro atoms. The Kier molecular flexibility index (Phi) is 4.87. The third kappa shape index (κ3) is 4.01. The molecular weight excluding hydrogens is 268 g/mol. The highest BCUT2D eigenvalue weighted by Crippen LogP contribution is 2.19. The molecule has 0 aliphatic carbocycles. The molecule has 0 aliphatic heterocycles. The molecule has 19 heavy (non-hydrogen) atoms. The van der Waals surface area contributed by atoms with E-state index >= 15 is 0 Å². The number of hydrogen-bond donors (Lipinski definition) is 1. The zero-order chi connectivity index (χ0) is 13.7. The lowest BCUT2D eigenvalue weighted by atomic mass is 10.3. The molecule has 102 valence electrons. The lowest BCUT2D eigenvalue weighted by molar-refractivity contribution is 0.292. The Morgan fingerprint density at radius 1 is 1.32 bits per heavy atom. The van der Waals surface area contributed by atoms with Crippen LogP contribution in [-0.4, -0.2) is 13.2 Å². The van der Waals surface area contributed by atoms with Crippen molar-refractivity contribution in [1.82, 2.24) is 5.32 Å². The number of hydrogen-bond acceptors (Lipinski definition) is 3. The molecule has 1 N–H and O–H groups in total. The average molecular weight is 283 g/mol. The van der Waals surface area contributed by atoms with Gasteiger partial charge in [-0.3, -0.25) is 0 Å². The van der Waals surface area contributed by atoms with E-state index in [4.69, 9.17) is 4.74 Å². The molecule has 5 heteroatoms. The predicted octanol–water partition coefficient (Wildman–Crippen LogP) is 3.76. The minimum Gasteiger partial charge on any atom is -0.489 e. The summed E-state index contributed by atoms with van der Waals surface area (Å²) in [4.78, 5) is 1.23. The fourth-order valence-corrected chi connectivity index (χ4v) is 2.42. The van der Waals surface area contributed by atoms with E-state index in [-0.39, 0.29) is 18.4 Å². The first-order chi connectivity index (χ1) is 9.16. The summed E-state index contributed by atoms with van der Waals surface area (Å²) in [6, 6.07) is 7.46. The second kappa shape index (κ2) is 6.63. The summed E-state index contributed by atoms with van der Waals surface area (Å²) in [5.41, 5.74) is 0. The fraction of sp³-hybridized carbons (Fsp3) is 0.286. The second-order valence-electron chi connectivity index (χ2n) is 4.11. The highest BCUT2D eigenvalue weighted by molar-refractivity contribution is 7.10. The van der Waals surface area contributed by atoms with Gasteiger partial charge in [-0.25, -0.2) is 8.78 Å². The zero-order valence-corrected chi connectivity index (χ0v) is 11.3. The molecular formula is C14H15F2NOS. The van der Waals surface area contributed by atoms with Crippen molar-refractivity contribution in [3.63, 3.8) is 0 Å². The van der Waals surface area contributed by atoms with E-state index in [1.165, 1.54) is 4.88 Å². The molecule has 2 nitrogen and oxygen atoms in total. The van der Waals surface area contributed by atoms with Crippen LogP contribution in [0.15, 0.2) is 35.7 Å². The molecule has 0 aliphatic rings. The molecule has 0 saturated carbocycles. The van der Waals surface area contributed by atoms with E-state index in [2.05, 4.69) is 18.3 Å². The van der Waals surface area contributed by atoms with Gasteiger partial charge in [0.05, 0.1) is 0 Å². The van der Waals surface area contributed by atoms with Crippen LogP contribution in [0.1, 0.15) is 17.8 Å². The topological polar surface area (TPSA) is 21.3 Å². The van der Waals surface area contributed by atoms with Crippen LogP contribution in [-0.2, 0) is 0 Å². The van der Waals surface area contributed by atoms with E-state index in [1.807, 2.05) is 11.4 Å². The molecule has 1 aromatic heterocycles. The minimum absolute atomic E-state index is 0.0504. The molecule has 1 atom stereocenters. The summed E-state index contributed by atoms with van der Waals surface area (Å²) < 4.78 is 31.4. The first-order valence-corrected chi connectivity index (χ1v) is 6.89. The Hall–Kier alpha value is -1.46. The molecule has 0 fully saturated rings. The van der Waals surface area contributed by atoms with Gasteiger partial charge in [0.2, 0.25) is 0 Å². The lowest BCUT2D eigenvalue weighted by Crippen LogP contribution is -2.23. The highest BCUT2D eigenvalue weighted by atomic mass is 32.1. The minimum atomic E-state index is -0.548. The summed E-state index contributed by atoms with van der Waals surface area (Å²) in [5, 5.41) is 5.28. The van der Waals surface area contributed by atoms with Crippen molar-refractivity contribution >= 4 is 11.3 Å². The fourth-order valence-electron chi connectivity index (χ4n) is 1.66. The van der Waals surface area contributed by atoms with E-state index in [0.29, 0.717) is 6.54 Å². The molecule has 0 saturated heterocycles. The third-order valence-corrected chi connectivity index (χ3v) is 3.73. The van der Waals surface area contributed by atoms with Gasteiger partial charge in [0.15, 0.2) is 11.6 Å². The molecule has 1 aromatic carbocycles. The molecule has 1 unspecified atom stereocenters. The summed E-state index contributed by atoms with van der Waals surface area (Å²) in [6.07, 6.45) is 0. The van der Waals surface area contributed by atoms with Crippen molar-refractivity contribution in [3.05, 3.63) is 52.2 Å². The number of halogens is 2. The highest BCUT2D eigenvalue weighted by Gasteiger charge is 2.07. The SMILES string of the molecule is CC(NCCOc1cc(F)ccc1F)c1cccs1. The van der Waals surface area contributed by atoms with Crippen molar-refractivity contribution in [1.29, 1.82) is 0 Å². The van der Waals surface area contributed by atoms with Crippen LogP contribution in [0.25, 0.3) is 0 Å². The van der Waals surface area contributed by atoms with Crippen LogP contribution in [0.3, 0.4) is 0 Å². The maximum absolute atomic E-state index is 13.3. The van der Waals surface area contributed by atoms with Gasteiger partial charge < -0.3 is 10.1 Å². The number of ether oxygens (including phenoxy) is 1. The monoisotopic (exact) mass is 283 g/mol. The number of rotatable bonds is 6. The molecule has 2 rings (SSSR count). The maximum Gasteiger partial charge on any atom is 0.165 e. The number of benzene rings is 1. The summed E-state index contributed by atoms with van der Waals surface area (Å²) in [7, 11) is 0. The van der Waals surface area contributed by atoms with Crippen LogP contribution in [0.2, 0.25) is 0 Å². The first-order valence-electron chi connectivity index (χ1n) is 6.01. The van der Waals surface area contributed by atoms with Gasteiger partial charge in [-0.05, 0) is 30.5 Å². The Morgan fingerprint density at radius 3 is 2.89 bits per heavy atom. The van der Waals surface area contributed by atoms with E-state index in [9.17, 15) is 8.78 Å². The molecule has 0 bridgehead atoms. The largest absolute Gasteiger partial charge is 0.489 e. The average Bonchev–Trinajstić information content (AvgIpc) is 2.92. The van der Waals surface area contributed by atoms with Gasteiger partial charge in [-0.2, -0.15) is 0 Å². The number of thiophene rings is 1. The second-order valence-corrected chi connectivity index (χ2v) is 5.09. The summed E-state index contributed by atoms with van der Waals surface area (Å²) >= 11 is 1.68. The third-order valence-electron chi connectivity index (χ3n) is 2.67. The van der Waals surface area contributed by atoms with Crippen molar-refractivity contribution < 1.29 is 13.5 Å². The molecule has 2 aromatic rings. The Bertz CT molecular complexity index is 516. The van der Waals surface area contributed by atoms with Gasteiger partial charge in [0.25, 0.3) is 0 Å². The Morgan fingerprint density at radius 2 is 2.16 bits per heavy atom. The first kappa shape index (κ1) is 14.0. The summed E-state index contributed by atoms with van der Waals surface area (Å²) in [6.45, 7) is 2.90. The van der Waals surface area contributed by atoms with E-state index in [1.54, 1.807) is 11.3 Å². The van der Waals surface area contributed by atoms with Crippen molar-refractivity contribution in [2.24, 2.45) is 0 Å². The summed E-state index contributed by atoms with van der Waals surface area (Å²) in [5.74, 6) is -1.10. The zero-order valence-electron chi connectivity index (χ0n) is 10.5. The van der Waals surface area contributed by atoms with Gasteiger partial charge in [0.1, 0.15) is 12.4 Å². The maximum atomic E-state index is 13.3. The smallest absolute Gasteiger partial charge is 0.165 e. The van der Waals surface area contributed by atoms with Crippen molar-refractivity contribution in [3.8, 4) is 5.75 Å². The Labute approximate surface area is 115 Å². The van der Waals surface area contributed by atoms with Crippen LogP contribution in [0, 0.1) is 11.6 Å². The van der Waals surface area contributed by atoms with E-state index in [0.717, 1.165) is 18.2 Å². The van der Waals surface area contributed by atoms with Gasteiger partial charge in [-0.1, -0.05) is 6.07 Å². The van der Waals surface area contributed by atoms with Gasteiger partial charge >= 0.3 is 0 Å². The molecule has 1 heterocycles. The van der Waals surface area contributed by atoms with Crippen molar-refractivity contribution in [2.45, 2.75) is 13.0 Å². The standard InChI is InChI=1S/C14H15F2NOS/c1-10(14-3-2-8-19-14)17-6-7-18-13-9-11(15)4-5-12(13)16/h2-5,8-10,17H,6-7H2,1H3. The lowest BCUT2D eigenvalue weighted by Gasteiger charge is -2.13. The quantitative estimate of drug-likeness (QED) is 0.815. The van der Waals surface area contributed by atoms with Gasteiger partial charge in [0, 0.05) is 23.5 Å². The molecule has 0 radical (unpaired) electrons. The van der Waals surface area contributed by atoms with E-state index < -0.39 is 11.6 Å². The van der Waals surface area contributed by atoms with Crippen LogP contribution >= 0.6 is 11.3 Å². The molecule has 0 amide bonds. The Balaban J connectivity index is 1.76. The van der Waals surface area contributed by atoms with Crippen LogP contribution < -0.4 is 10.1 Å². The van der Waals surface area contributed by atoms with Crippen LogP contribution in [0.4, 0.5) is 8.78 Å². The van der Waals surface area contributed by atoms with Crippen molar-refractivity contribution in [2.75, 3.05) is 13.2 Å². The van der Waals surface area contributed by atoms with Crippen LogP contribution in [0.5, 0.6) is 5.75 Å². The van der Waals surface area contributed by atoms with Gasteiger partial charge in [-0.15, -0.1) is 11.3 Å².